The van der Waals surface area contributed by atoms with Gasteiger partial charge in [-0.15, -0.1) is 0 Å². The number of rotatable bonds is 5. The summed E-state index contributed by atoms with van der Waals surface area (Å²) in [5.41, 5.74) is 0.461. The molecule has 0 aliphatic carbocycles. The van der Waals surface area contributed by atoms with Gasteiger partial charge < -0.3 is 9.84 Å². The van der Waals surface area contributed by atoms with Gasteiger partial charge in [0, 0.05) is 13.2 Å². The molecule has 0 radical (unpaired) electrons. The van der Waals surface area contributed by atoms with Gasteiger partial charge in [0.25, 0.3) is 0 Å². The smallest absolute Gasteiger partial charge is 0.335 e. The number of hydrogen-bond donors (Lipinski definition) is 2. The molecule has 6 nitrogen and oxygen atoms in total. The van der Waals surface area contributed by atoms with Crippen molar-refractivity contribution in [1.82, 2.24) is 4.72 Å². The van der Waals surface area contributed by atoms with Crippen molar-refractivity contribution in [1.29, 1.82) is 0 Å². The Kier molecular flexibility index (Phi) is 4.42. The van der Waals surface area contributed by atoms with E-state index in [0.717, 1.165) is 12.8 Å². The van der Waals surface area contributed by atoms with Crippen LogP contribution in [0.2, 0.25) is 0 Å². The van der Waals surface area contributed by atoms with Crippen molar-refractivity contribution in [2.24, 2.45) is 0 Å². The average molecular weight is 299 g/mol. The summed E-state index contributed by atoms with van der Waals surface area (Å²) < 4.78 is 32.3. The van der Waals surface area contributed by atoms with Crippen molar-refractivity contribution in [3.05, 3.63) is 29.3 Å². The van der Waals surface area contributed by atoms with Gasteiger partial charge in [0.1, 0.15) is 0 Å². The zero-order valence-electron chi connectivity index (χ0n) is 11.1. The second-order valence-corrected chi connectivity index (χ2v) is 6.51. The highest BCUT2D eigenvalue weighted by atomic mass is 32.2. The van der Waals surface area contributed by atoms with Gasteiger partial charge >= 0.3 is 5.97 Å². The second-order valence-electron chi connectivity index (χ2n) is 4.77. The minimum absolute atomic E-state index is 0.00426. The van der Waals surface area contributed by atoms with Crippen molar-refractivity contribution in [2.75, 3.05) is 13.2 Å². The lowest BCUT2D eigenvalue weighted by Crippen LogP contribution is -2.32. The SMILES string of the molecule is Cc1ccc(C(=O)O)cc1S(=O)(=O)NC[C@@H]1CCCO1. The lowest BCUT2D eigenvalue weighted by Gasteiger charge is -2.13. The third-order valence-corrected chi connectivity index (χ3v) is 4.82. The molecule has 2 rings (SSSR count). The molecule has 1 aliphatic heterocycles. The summed E-state index contributed by atoms with van der Waals surface area (Å²) in [5.74, 6) is -1.15. The monoisotopic (exact) mass is 299 g/mol. The Bertz CT molecular complexity index is 605. The Hall–Kier alpha value is -1.44. The zero-order valence-corrected chi connectivity index (χ0v) is 11.9. The molecule has 110 valence electrons. The minimum Gasteiger partial charge on any atom is -0.478 e. The number of sulfonamides is 1. The summed E-state index contributed by atoms with van der Waals surface area (Å²) in [5, 5.41) is 8.93. The van der Waals surface area contributed by atoms with Crippen molar-refractivity contribution in [3.63, 3.8) is 0 Å². The largest absolute Gasteiger partial charge is 0.478 e. The molecule has 1 aliphatic rings. The van der Waals surface area contributed by atoms with E-state index in [1.54, 1.807) is 6.92 Å². The van der Waals surface area contributed by atoms with Gasteiger partial charge in [-0.25, -0.2) is 17.9 Å². The van der Waals surface area contributed by atoms with Crippen molar-refractivity contribution in [2.45, 2.75) is 30.8 Å². The highest BCUT2D eigenvalue weighted by Crippen LogP contribution is 2.18. The first-order valence-corrected chi connectivity index (χ1v) is 7.83. The Labute approximate surface area is 117 Å². The van der Waals surface area contributed by atoms with Crippen LogP contribution in [-0.4, -0.2) is 38.7 Å². The predicted octanol–water partition coefficient (Wildman–Crippen LogP) is 1.15. The first-order chi connectivity index (χ1) is 9.40. The molecule has 7 heteroatoms. The Morgan fingerprint density at radius 1 is 1.50 bits per heavy atom. The van der Waals surface area contributed by atoms with Crippen LogP contribution in [0.1, 0.15) is 28.8 Å². The van der Waals surface area contributed by atoms with Gasteiger partial charge in [-0.2, -0.15) is 0 Å². The van der Waals surface area contributed by atoms with E-state index in [1.165, 1.54) is 18.2 Å². The molecular formula is C13H17NO5S. The van der Waals surface area contributed by atoms with E-state index in [1.807, 2.05) is 0 Å². The maximum absolute atomic E-state index is 12.2. The van der Waals surface area contributed by atoms with E-state index in [4.69, 9.17) is 9.84 Å². The highest BCUT2D eigenvalue weighted by molar-refractivity contribution is 7.89. The summed E-state index contributed by atoms with van der Waals surface area (Å²) in [4.78, 5) is 10.9. The van der Waals surface area contributed by atoms with Crippen LogP contribution in [0.15, 0.2) is 23.1 Å². The van der Waals surface area contributed by atoms with Crippen molar-refractivity contribution >= 4 is 16.0 Å². The second kappa shape index (κ2) is 5.90. The number of aryl methyl sites for hydroxylation is 1. The Morgan fingerprint density at radius 2 is 2.25 bits per heavy atom. The van der Waals surface area contributed by atoms with Gasteiger partial charge in [-0.1, -0.05) is 6.07 Å². The van der Waals surface area contributed by atoms with E-state index in [0.29, 0.717) is 12.2 Å². The highest BCUT2D eigenvalue weighted by Gasteiger charge is 2.22. The molecule has 2 N–H and O–H groups in total. The van der Waals surface area contributed by atoms with E-state index < -0.39 is 16.0 Å². The number of aromatic carboxylic acids is 1. The standard InChI is InChI=1S/C13H17NO5S/c1-9-4-5-10(13(15)16)7-12(9)20(17,18)14-8-11-3-2-6-19-11/h4-5,7,11,14H,2-3,6,8H2,1H3,(H,15,16)/t11-/m0/s1. The summed E-state index contributed by atoms with van der Waals surface area (Å²) >= 11 is 0. The summed E-state index contributed by atoms with van der Waals surface area (Å²) in [6.07, 6.45) is 1.66. The fourth-order valence-corrected chi connectivity index (χ4v) is 3.44. The average Bonchev–Trinajstić information content (AvgIpc) is 2.89. The first-order valence-electron chi connectivity index (χ1n) is 6.35. The lowest BCUT2D eigenvalue weighted by atomic mass is 10.1. The molecular weight excluding hydrogens is 282 g/mol. The van der Waals surface area contributed by atoms with Crippen molar-refractivity contribution < 1.29 is 23.1 Å². The number of hydrogen-bond acceptors (Lipinski definition) is 4. The number of carboxylic acids is 1. The fourth-order valence-electron chi connectivity index (χ4n) is 2.11. The zero-order chi connectivity index (χ0) is 14.8. The number of carbonyl (C=O) groups is 1. The molecule has 1 aromatic rings. The molecule has 0 aromatic heterocycles. The third kappa shape index (κ3) is 3.36. The van der Waals surface area contributed by atoms with Crippen LogP contribution in [0.25, 0.3) is 0 Å². The molecule has 1 fully saturated rings. The predicted molar refractivity (Wildman–Crippen MR) is 72.3 cm³/mol. The molecule has 0 bridgehead atoms. The lowest BCUT2D eigenvalue weighted by molar-refractivity contribution is 0.0696. The van der Waals surface area contributed by atoms with Crippen molar-refractivity contribution in [3.8, 4) is 0 Å². The topological polar surface area (TPSA) is 92.7 Å². The van der Waals surface area contributed by atoms with Crippen LogP contribution in [0, 0.1) is 6.92 Å². The van der Waals surface area contributed by atoms with Gasteiger partial charge in [-0.05, 0) is 37.5 Å². The van der Waals surface area contributed by atoms with Crippen LogP contribution in [0.4, 0.5) is 0 Å². The molecule has 1 atom stereocenters. The molecule has 1 heterocycles. The minimum atomic E-state index is -3.73. The fraction of sp³-hybridized carbons (Fsp3) is 0.462. The van der Waals surface area contributed by atoms with Gasteiger partial charge in [-0.3, -0.25) is 0 Å². The molecule has 0 unspecified atom stereocenters. The molecule has 0 spiro atoms. The van der Waals surface area contributed by atoms with E-state index in [2.05, 4.69) is 4.72 Å². The maximum Gasteiger partial charge on any atom is 0.335 e. The molecule has 0 amide bonds. The quantitative estimate of drug-likeness (QED) is 0.851. The summed E-state index contributed by atoms with van der Waals surface area (Å²) in [6.45, 7) is 2.49. The molecule has 0 saturated carbocycles. The molecule has 1 aromatic carbocycles. The normalized spacial score (nSPS) is 19.1. The van der Waals surface area contributed by atoms with Crippen LogP contribution >= 0.6 is 0 Å². The Balaban J connectivity index is 2.19. The molecule has 20 heavy (non-hydrogen) atoms. The van der Waals surface area contributed by atoms with E-state index in [9.17, 15) is 13.2 Å². The van der Waals surface area contributed by atoms with Gasteiger partial charge in [0.05, 0.1) is 16.6 Å². The van der Waals surface area contributed by atoms with Gasteiger partial charge in [0.15, 0.2) is 0 Å². The Morgan fingerprint density at radius 3 is 2.85 bits per heavy atom. The van der Waals surface area contributed by atoms with E-state index >= 15 is 0 Å². The number of ether oxygens (including phenoxy) is 1. The van der Waals surface area contributed by atoms with Crippen LogP contribution in [-0.2, 0) is 14.8 Å². The maximum atomic E-state index is 12.2. The third-order valence-electron chi connectivity index (χ3n) is 3.25. The number of benzene rings is 1. The number of carboxylic acid groups (broad SMARTS) is 1. The summed E-state index contributed by atoms with van der Waals surface area (Å²) in [7, 11) is -3.73. The van der Waals surface area contributed by atoms with Crippen LogP contribution in [0.3, 0.4) is 0 Å². The first kappa shape index (κ1) is 15.0. The van der Waals surface area contributed by atoms with Gasteiger partial charge in [0.2, 0.25) is 10.0 Å². The van der Waals surface area contributed by atoms with Crippen LogP contribution in [0.5, 0.6) is 0 Å². The van der Waals surface area contributed by atoms with E-state index in [-0.39, 0.29) is 23.1 Å². The molecule has 1 saturated heterocycles. The summed E-state index contributed by atoms with van der Waals surface area (Å²) in [6, 6.07) is 4.05. The van der Waals surface area contributed by atoms with Crippen LogP contribution < -0.4 is 4.72 Å². The number of nitrogens with one attached hydrogen (secondary N) is 1.